The van der Waals surface area contributed by atoms with E-state index in [2.05, 4.69) is 13.8 Å². The van der Waals surface area contributed by atoms with Crippen LogP contribution < -0.4 is 0 Å². The van der Waals surface area contributed by atoms with Gasteiger partial charge in [-0.05, 0) is 19.3 Å². The Kier molecular flexibility index (Phi) is 15.1. The minimum absolute atomic E-state index is 0.0745. The van der Waals surface area contributed by atoms with Gasteiger partial charge in [0.1, 0.15) is 6.10 Å². The highest BCUT2D eigenvalue weighted by molar-refractivity contribution is 5.71. The molecule has 0 saturated heterocycles. The number of unbranched alkanes of at least 4 members (excludes halogenated alkanes) is 9. The molecule has 23 heavy (non-hydrogen) atoms. The van der Waals surface area contributed by atoms with Crippen LogP contribution in [0.2, 0.25) is 0 Å². The molecule has 0 aliphatic carbocycles. The third-order valence-electron chi connectivity index (χ3n) is 4.06. The van der Waals surface area contributed by atoms with Gasteiger partial charge < -0.3 is 9.84 Å². The first-order valence-electron chi connectivity index (χ1n) is 9.51. The molecule has 0 aliphatic heterocycles. The summed E-state index contributed by atoms with van der Waals surface area (Å²) in [6.07, 6.45) is 13.0. The van der Waals surface area contributed by atoms with Crippen LogP contribution in [-0.2, 0) is 14.3 Å². The van der Waals surface area contributed by atoms with Crippen molar-refractivity contribution in [3.05, 3.63) is 0 Å². The third kappa shape index (κ3) is 15.6. The molecule has 0 aliphatic rings. The number of hydrogen-bond acceptors (Lipinski definition) is 3. The molecule has 0 bridgehead atoms. The molecule has 0 fully saturated rings. The third-order valence-corrected chi connectivity index (χ3v) is 4.06. The Hall–Kier alpha value is -1.06. The number of carboxylic acid groups (broad SMARTS) is 1. The molecule has 4 heteroatoms. The quantitative estimate of drug-likeness (QED) is 0.301. The van der Waals surface area contributed by atoms with E-state index in [1.54, 1.807) is 0 Å². The summed E-state index contributed by atoms with van der Waals surface area (Å²) in [6, 6.07) is 0. The van der Waals surface area contributed by atoms with Crippen molar-refractivity contribution in [1.29, 1.82) is 0 Å². The number of carboxylic acids is 1. The van der Waals surface area contributed by atoms with E-state index in [-0.39, 0.29) is 12.4 Å². The summed E-state index contributed by atoms with van der Waals surface area (Å²) in [4.78, 5) is 22.7. The van der Waals surface area contributed by atoms with Crippen LogP contribution in [-0.4, -0.2) is 23.1 Å². The Bertz CT molecular complexity index is 302. The van der Waals surface area contributed by atoms with Gasteiger partial charge in [0.05, 0.1) is 6.42 Å². The van der Waals surface area contributed by atoms with Gasteiger partial charge in [-0.3, -0.25) is 9.59 Å². The van der Waals surface area contributed by atoms with Crippen LogP contribution in [0.5, 0.6) is 0 Å². The Balaban J connectivity index is 3.82. The molecule has 0 aromatic heterocycles. The molecule has 0 rings (SSSR count). The zero-order chi connectivity index (χ0) is 17.3. The number of rotatable bonds is 16. The number of ether oxygens (including phenoxy) is 1. The van der Waals surface area contributed by atoms with E-state index in [0.717, 1.165) is 38.5 Å². The van der Waals surface area contributed by atoms with Gasteiger partial charge in [0.15, 0.2) is 0 Å². The Morgan fingerprint density at radius 1 is 0.826 bits per heavy atom. The summed E-state index contributed by atoms with van der Waals surface area (Å²) in [5.41, 5.74) is 0. The molecule has 0 amide bonds. The number of carbonyl (C=O) groups excluding carboxylic acids is 1. The maximum Gasteiger partial charge on any atom is 0.307 e. The molecule has 0 heterocycles. The first-order valence-corrected chi connectivity index (χ1v) is 9.51. The Labute approximate surface area is 142 Å². The van der Waals surface area contributed by atoms with Crippen molar-refractivity contribution in [1.82, 2.24) is 0 Å². The van der Waals surface area contributed by atoms with E-state index in [1.165, 1.54) is 32.1 Å². The largest absolute Gasteiger partial charge is 0.481 e. The summed E-state index contributed by atoms with van der Waals surface area (Å²) in [5, 5.41) is 8.93. The fourth-order valence-electron chi connectivity index (χ4n) is 2.67. The maximum atomic E-state index is 11.8. The molecule has 0 saturated carbocycles. The van der Waals surface area contributed by atoms with Gasteiger partial charge in [-0.15, -0.1) is 0 Å². The second-order valence-electron chi connectivity index (χ2n) is 6.43. The number of carbonyl (C=O) groups is 2. The predicted molar refractivity (Wildman–Crippen MR) is 93.5 cm³/mol. The van der Waals surface area contributed by atoms with Gasteiger partial charge >= 0.3 is 11.9 Å². The van der Waals surface area contributed by atoms with Gasteiger partial charge in [-0.2, -0.15) is 0 Å². The van der Waals surface area contributed by atoms with E-state index in [9.17, 15) is 9.59 Å². The first kappa shape index (κ1) is 21.9. The maximum absolute atomic E-state index is 11.8. The second kappa shape index (κ2) is 15.8. The topological polar surface area (TPSA) is 63.6 Å². The average molecular weight is 328 g/mol. The second-order valence-corrected chi connectivity index (χ2v) is 6.43. The average Bonchev–Trinajstić information content (AvgIpc) is 2.50. The van der Waals surface area contributed by atoms with Crippen LogP contribution >= 0.6 is 0 Å². The molecule has 0 aromatic rings. The van der Waals surface area contributed by atoms with Gasteiger partial charge in [0.2, 0.25) is 0 Å². The van der Waals surface area contributed by atoms with Crippen LogP contribution in [0.1, 0.15) is 104 Å². The van der Waals surface area contributed by atoms with Crippen molar-refractivity contribution >= 4 is 11.9 Å². The van der Waals surface area contributed by atoms with E-state index in [0.29, 0.717) is 12.8 Å². The molecule has 0 spiro atoms. The van der Waals surface area contributed by atoms with E-state index >= 15 is 0 Å². The van der Waals surface area contributed by atoms with Crippen molar-refractivity contribution in [3.8, 4) is 0 Å². The summed E-state index contributed by atoms with van der Waals surface area (Å²) in [5.74, 6) is -1.13. The number of aliphatic carboxylic acids is 1. The number of hydrogen-bond donors (Lipinski definition) is 1. The van der Waals surface area contributed by atoms with Crippen molar-refractivity contribution in [2.24, 2.45) is 0 Å². The van der Waals surface area contributed by atoms with E-state index < -0.39 is 12.1 Å². The first-order chi connectivity index (χ1) is 11.1. The van der Waals surface area contributed by atoms with Crippen LogP contribution in [0.4, 0.5) is 0 Å². The predicted octanol–water partition coefficient (Wildman–Crippen LogP) is 5.48. The molecule has 136 valence electrons. The zero-order valence-electron chi connectivity index (χ0n) is 15.1. The monoisotopic (exact) mass is 328 g/mol. The van der Waals surface area contributed by atoms with Crippen LogP contribution in [0.15, 0.2) is 0 Å². The molecule has 1 unspecified atom stereocenters. The molecule has 1 atom stereocenters. The lowest BCUT2D eigenvalue weighted by Gasteiger charge is -2.16. The normalized spacial score (nSPS) is 12.1. The lowest BCUT2D eigenvalue weighted by Crippen LogP contribution is -2.21. The standard InChI is InChI=1S/C19H36O4/c1-3-5-7-9-10-11-13-15-19(22)23-17(16-18(20)21)14-12-8-6-4-2/h17H,3-16H2,1-2H3,(H,20,21). The smallest absolute Gasteiger partial charge is 0.307 e. The van der Waals surface area contributed by atoms with Gasteiger partial charge in [-0.1, -0.05) is 71.6 Å². The molecule has 4 nitrogen and oxygen atoms in total. The van der Waals surface area contributed by atoms with Crippen LogP contribution in [0, 0.1) is 0 Å². The van der Waals surface area contributed by atoms with Crippen molar-refractivity contribution in [2.75, 3.05) is 0 Å². The Morgan fingerprint density at radius 2 is 1.35 bits per heavy atom. The van der Waals surface area contributed by atoms with Gasteiger partial charge in [0.25, 0.3) is 0 Å². The summed E-state index contributed by atoms with van der Waals surface area (Å²) in [7, 11) is 0. The SMILES string of the molecule is CCCCCCCCCC(=O)OC(CCCCCC)CC(=O)O. The summed E-state index contributed by atoms with van der Waals surface area (Å²) >= 11 is 0. The highest BCUT2D eigenvalue weighted by Gasteiger charge is 2.17. The lowest BCUT2D eigenvalue weighted by atomic mass is 10.1. The van der Waals surface area contributed by atoms with Gasteiger partial charge in [-0.25, -0.2) is 0 Å². The molecular weight excluding hydrogens is 292 g/mol. The highest BCUT2D eigenvalue weighted by atomic mass is 16.5. The van der Waals surface area contributed by atoms with Crippen LogP contribution in [0.25, 0.3) is 0 Å². The summed E-state index contributed by atoms with van der Waals surface area (Å²) < 4.78 is 5.37. The highest BCUT2D eigenvalue weighted by Crippen LogP contribution is 2.14. The van der Waals surface area contributed by atoms with Crippen LogP contribution in [0.3, 0.4) is 0 Å². The molecular formula is C19H36O4. The van der Waals surface area contributed by atoms with Crippen molar-refractivity contribution in [3.63, 3.8) is 0 Å². The molecule has 0 aromatic carbocycles. The minimum atomic E-state index is -0.894. The fraction of sp³-hybridized carbons (Fsp3) is 0.895. The number of esters is 1. The summed E-state index contributed by atoms with van der Waals surface area (Å²) in [6.45, 7) is 4.34. The Morgan fingerprint density at radius 3 is 1.91 bits per heavy atom. The van der Waals surface area contributed by atoms with Crippen molar-refractivity contribution < 1.29 is 19.4 Å². The minimum Gasteiger partial charge on any atom is -0.481 e. The van der Waals surface area contributed by atoms with Crippen molar-refractivity contribution in [2.45, 2.75) is 110 Å². The molecule has 1 N–H and O–H groups in total. The van der Waals surface area contributed by atoms with Gasteiger partial charge in [0, 0.05) is 6.42 Å². The lowest BCUT2D eigenvalue weighted by molar-refractivity contribution is -0.153. The van der Waals surface area contributed by atoms with E-state index in [1.807, 2.05) is 0 Å². The molecule has 0 radical (unpaired) electrons. The van der Waals surface area contributed by atoms with E-state index in [4.69, 9.17) is 9.84 Å². The zero-order valence-corrected chi connectivity index (χ0v) is 15.1. The fourth-order valence-corrected chi connectivity index (χ4v) is 2.67.